The van der Waals surface area contributed by atoms with E-state index in [1.54, 1.807) is 0 Å². The summed E-state index contributed by atoms with van der Waals surface area (Å²) in [6, 6.07) is 92.3. The van der Waals surface area contributed by atoms with Gasteiger partial charge in [0, 0.05) is 58.7 Å². The van der Waals surface area contributed by atoms with Crippen molar-refractivity contribution in [1.82, 2.24) is 4.57 Å². The highest BCUT2D eigenvalue weighted by molar-refractivity contribution is 7.26. The summed E-state index contributed by atoms with van der Waals surface area (Å²) in [6.45, 7) is 0. The summed E-state index contributed by atoms with van der Waals surface area (Å²) in [5.74, 6) is 0. The second-order valence-corrected chi connectivity index (χ2v) is 19.0. The summed E-state index contributed by atoms with van der Waals surface area (Å²) in [5.41, 5.74) is 17.4. The van der Waals surface area contributed by atoms with Gasteiger partial charge in [-0.2, -0.15) is 0 Å². The van der Waals surface area contributed by atoms with E-state index < -0.39 is 0 Å². The first kappa shape index (κ1) is 40.1. The predicted octanol–water partition coefficient (Wildman–Crippen LogP) is 19.2. The zero-order valence-corrected chi connectivity index (χ0v) is 38.8. The molecule has 3 nitrogen and oxygen atoms in total. The van der Waals surface area contributed by atoms with Crippen molar-refractivity contribution in [3.8, 4) is 50.2 Å². The van der Waals surface area contributed by atoms with E-state index in [4.69, 9.17) is 4.42 Å². The summed E-state index contributed by atoms with van der Waals surface area (Å²) >= 11 is 1.87. The minimum Gasteiger partial charge on any atom is -0.455 e. The Morgan fingerprint density at radius 2 is 0.929 bits per heavy atom. The molecule has 4 heteroatoms. The normalized spacial score (nSPS) is 11.7. The van der Waals surface area contributed by atoms with Gasteiger partial charge in [-0.1, -0.05) is 188 Å². The molecule has 0 spiro atoms. The fourth-order valence-corrected chi connectivity index (χ4v) is 12.1. The zero-order valence-electron chi connectivity index (χ0n) is 38.0. The van der Waals surface area contributed by atoms with Crippen LogP contribution in [0.5, 0.6) is 0 Å². The van der Waals surface area contributed by atoms with Gasteiger partial charge in [-0.05, 0) is 94.5 Å². The maximum absolute atomic E-state index is 7.15. The highest BCUT2D eigenvalue weighted by Crippen LogP contribution is 2.50. The molecule has 0 bridgehead atoms. The van der Waals surface area contributed by atoms with E-state index >= 15 is 0 Å². The van der Waals surface area contributed by atoms with E-state index in [9.17, 15) is 0 Å². The van der Waals surface area contributed by atoms with Crippen LogP contribution in [0, 0.1) is 0 Å². The van der Waals surface area contributed by atoms with Crippen LogP contribution in [0.1, 0.15) is 0 Å². The molecule has 0 saturated carbocycles. The van der Waals surface area contributed by atoms with Crippen molar-refractivity contribution >= 4 is 92.3 Å². The van der Waals surface area contributed by atoms with Gasteiger partial charge in [0.25, 0.3) is 0 Å². The molecule has 0 amide bonds. The molecular formula is C66H42N2OS. The number of furan rings is 1. The lowest BCUT2D eigenvalue weighted by molar-refractivity contribution is 0.670. The van der Waals surface area contributed by atoms with Crippen LogP contribution in [0.3, 0.4) is 0 Å². The third-order valence-corrected chi connectivity index (χ3v) is 15.3. The van der Waals surface area contributed by atoms with Crippen LogP contribution in [0.15, 0.2) is 259 Å². The lowest BCUT2D eigenvalue weighted by atomic mass is 9.95. The summed E-state index contributed by atoms with van der Waals surface area (Å²) in [5, 5.41) is 7.17. The van der Waals surface area contributed by atoms with E-state index in [0.29, 0.717) is 0 Å². The summed E-state index contributed by atoms with van der Waals surface area (Å²) in [7, 11) is 0. The van der Waals surface area contributed by atoms with E-state index in [1.165, 1.54) is 58.7 Å². The molecule has 3 heterocycles. The van der Waals surface area contributed by atoms with Crippen molar-refractivity contribution in [2.75, 3.05) is 4.90 Å². The third kappa shape index (κ3) is 6.42. The molecule has 0 N–H and O–H groups in total. The van der Waals surface area contributed by atoms with Gasteiger partial charge in [-0.3, -0.25) is 0 Å². The Morgan fingerprint density at radius 3 is 1.70 bits per heavy atom. The van der Waals surface area contributed by atoms with Gasteiger partial charge in [-0.25, -0.2) is 0 Å². The van der Waals surface area contributed by atoms with Crippen LogP contribution in [0.2, 0.25) is 0 Å². The summed E-state index contributed by atoms with van der Waals surface area (Å²) < 4.78 is 12.2. The highest BCUT2D eigenvalue weighted by Gasteiger charge is 2.26. The van der Waals surface area contributed by atoms with Crippen LogP contribution >= 0.6 is 11.3 Å². The van der Waals surface area contributed by atoms with Crippen molar-refractivity contribution in [2.24, 2.45) is 0 Å². The predicted molar refractivity (Wildman–Crippen MR) is 297 cm³/mol. The van der Waals surface area contributed by atoms with Gasteiger partial charge in [0.05, 0.1) is 33.5 Å². The standard InChI is InChI=1S/C66H42N2OS/c1-3-18-43(19-4-1)46-36-40-60(56(42-46)44-20-5-2-6-21-44)67(47-37-34-45(35-38-47)48-27-17-28-54-52-25-11-16-33-63(52)70-66(48)54)61-41-39-53(65-64(61)55-26-10-15-32-62(55)69-65)51-24-9-14-31-59(51)68-57-29-12-7-22-49(57)50-23-8-13-30-58(50)68/h1-42H. The zero-order chi connectivity index (χ0) is 46.1. The summed E-state index contributed by atoms with van der Waals surface area (Å²) in [4.78, 5) is 2.45. The van der Waals surface area contributed by atoms with Crippen molar-refractivity contribution in [3.05, 3.63) is 255 Å². The molecule has 328 valence electrons. The molecule has 0 atom stereocenters. The van der Waals surface area contributed by atoms with Crippen molar-refractivity contribution in [2.45, 2.75) is 0 Å². The lowest BCUT2D eigenvalue weighted by Crippen LogP contribution is -2.12. The van der Waals surface area contributed by atoms with Crippen LogP contribution in [-0.4, -0.2) is 4.57 Å². The number of aromatic nitrogens is 1. The van der Waals surface area contributed by atoms with Crippen LogP contribution in [0.4, 0.5) is 17.1 Å². The molecule has 0 saturated heterocycles. The monoisotopic (exact) mass is 910 g/mol. The first-order chi connectivity index (χ1) is 34.7. The molecule has 11 aromatic carbocycles. The second kappa shape index (κ2) is 16.4. The minimum atomic E-state index is 0.840. The number of hydrogen-bond donors (Lipinski definition) is 0. The van der Waals surface area contributed by atoms with Gasteiger partial charge < -0.3 is 13.9 Å². The van der Waals surface area contributed by atoms with Crippen LogP contribution in [0.25, 0.3) is 114 Å². The maximum atomic E-state index is 7.15. The Hall–Kier alpha value is -8.96. The van der Waals surface area contributed by atoms with Gasteiger partial charge >= 0.3 is 0 Å². The Labute approximate surface area is 409 Å². The maximum Gasteiger partial charge on any atom is 0.145 e. The first-order valence-electron chi connectivity index (χ1n) is 23.8. The molecule has 14 rings (SSSR count). The fraction of sp³-hybridized carbons (Fsp3) is 0. The van der Waals surface area contributed by atoms with Crippen LogP contribution < -0.4 is 4.90 Å². The largest absolute Gasteiger partial charge is 0.455 e. The summed E-state index contributed by atoms with van der Waals surface area (Å²) in [6.07, 6.45) is 0. The molecular weight excluding hydrogens is 869 g/mol. The topological polar surface area (TPSA) is 21.3 Å². The lowest BCUT2D eigenvalue weighted by Gasteiger charge is -2.29. The fourth-order valence-electron chi connectivity index (χ4n) is 10.9. The Bertz CT molecular complexity index is 4240. The SMILES string of the molecule is c1ccc(-c2ccc(N(c3ccc(-c4cccc5c4sc4ccccc45)cc3)c3ccc(-c4ccccc4-n4c5ccccc5c5ccccc54)c4oc5ccccc5c34)c(-c3ccccc3)c2)cc1. The third-order valence-electron chi connectivity index (χ3n) is 14.0. The number of fused-ring (bicyclic) bond motifs is 9. The number of rotatable bonds is 8. The smallest absolute Gasteiger partial charge is 0.145 e. The van der Waals surface area contributed by atoms with E-state index in [-0.39, 0.29) is 0 Å². The number of thiophene rings is 1. The quantitative estimate of drug-likeness (QED) is 0.151. The first-order valence-corrected chi connectivity index (χ1v) is 24.6. The molecule has 3 aromatic heterocycles. The Kier molecular flexibility index (Phi) is 9.39. The average molecular weight is 911 g/mol. The molecule has 0 aliphatic heterocycles. The number of nitrogens with zero attached hydrogens (tertiary/aromatic N) is 2. The van der Waals surface area contributed by atoms with E-state index in [0.717, 1.165) is 72.5 Å². The average Bonchev–Trinajstić information content (AvgIpc) is 4.12. The van der Waals surface area contributed by atoms with E-state index in [1.807, 2.05) is 11.3 Å². The van der Waals surface area contributed by atoms with Gasteiger partial charge in [0.2, 0.25) is 0 Å². The number of benzene rings is 11. The molecule has 0 fully saturated rings. The van der Waals surface area contributed by atoms with Crippen LogP contribution in [-0.2, 0) is 0 Å². The molecule has 14 aromatic rings. The highest BCUT2D eigenvalue weighted by atomic mass is 32.1. The molecule has 70 heavy (non-hydrogen) atoms. The number of anilines is 3. The number of hydrogen-bond acceptors (Lipinski definition) is 3. The van der Waals surface area contributed by atoms with Crippen molar-refractivity contribution in [3.63, 3.8) is 0 Å². The van der Waals surface area contributed by atoms with Crippen molar-refractivity contribution < 1.29 is 4.42 Å². The van der Waals surface area contributed by atoms with E-state index in [2.05, 4.69) is 264 Å². The molecule has 0 unspecified atom stereocenters. The Morgan fingerprint density at radius 1 is 0.357 bits per heavy atom. The molecule has 0 aliphatic carbocycles. The molecule has 0 radical (unpaired) electrons. The van der Waals surface area contributed by atoms with Gasteiger partial charge in [0.15, 0.2) is 0 Å². The van der Waals surface area contributed by atoms with Crippen molar-refractivity contribution in [1.29, 1.82) is 0 Å². The number of para-hydroxylation sites is 4. The van der Waals surface area contributed by atoms with Gasteiger partial charge in [-0.15, -0.1) is 11.3 Å². The second-order valence-electron chi connectivity index (χ2n) is 17.9. The Balaban J connectivity index is 1.02. The van der Waals surface area contributed by atoms with Gasteiger partial charge in [0.1, 0.15) is 11.2 Å². The minimum absolute atomic E-state index is 0.840. The molecule has 0 aliphatic rings.